The SMILES string of the molecule is COc1nc(NCc2cnn(C)c2)c(C)c(OC)n1. The van der Waals surface area contributed by atoms with Crippen molar-refractivity contribution in [3.63, 3.8) is 0 Å². The Morgan fingerprint density at radius 1 is 1.26 bits per heavy atom. The lowest BCUT2D eigenvalue weighted by Crippen LogP contribution is -2.07. The van der Waals surface area contributed by atoms with E-state index in [1.165, 1.54) is 7.11 Å². The minimum absolute atomic E-state index is 0.274. The van der Waals surface area contributed by atoms with Crippen LogP contribution < -0.4 is 14.8 Å². The van der Waals surface area contributed by atoms with Crippen LogP contribution in [0.3, 0.4) is 0 Å². The zero-order chi connectivity index (χ0) is 13.8. The van der Waals surface area contributed by atoms with Gasteiger partial charge in [-0.15, -0.1) is 0 Å². The van der Waals surface area contributed by atoms with E-state index >= 15 is 0 Å². The first-order valence-electron chi connectivity index (χ1n) is 5.82. The molecule has 1 N–H and O–H groups in total. The highest BCUT2D eigenvalue weighted by atomic mass is 16.5. The normalized spacial score (nSPS) is 10.3. The molecule has 0 atom stereocenters. The molecule has 0 bridgehead atoms. The van der Waals surface area contributed by atoms with Crippen LogP contribution in [0.2, 0.25) is 0 Å². The lowest BCUT2D eigenvalue weighted by molar-refractivity contribution is 0.351. The van der Waals surface area contributed by atoms with E-state index in [9.17, 15) is 0 Å². The van der Waals surface area contributed by atoms with Crippen molar-refractivity contribution in [3.05, 3.63) is 23.5 Å². The summed E-state index contributed by atoms with van der Waals surface area (Å²) >= 11 is 0. The Morgan fingerprint density at radius 3 is 2.63 bits per heavy atom. The first kappa shape index (κ1) is 13.1. The fourth-order valence-corrected chi connectivity index (χ4v) is 1.69. The predicted octanol–water partition coefficient (Wildman–Crippen LogP) is 1.15. The highest BCUT2D eigenvalue weighted by Crippen LogP contribution is 2.24. The van der Waals surface area contributed by atoms with E-state index < -0.39 is 0 Å². The molecule has 19 heavy (non-hydrogen) atoms. The van der Waals surface area contributed by atoms with E-state index in [0.717, 1.165) is 11.1 Å². The Labute approximate surface area is 111 Å². The average Bonchev–Trinajstić information content (AvgIpc) is 2.83. The molecule has 7 heteroatoms. The van der Waals surface area contributed by atoms with Gasteiger partial charge in [-0.2, -0.15) is 15.1 Å². The summed E-state index contributed by atoms with van der Waals surface area (Å²) in [4.78, 5) is 8.39. The van der Waals surface area contributed by atoms with Gasteiger partial charge in [-0.1, -0.05) is 0 Å². The molecule has 7 nitrogen and oxygen atoms in total. The Kier molecular flexibility index (Phi) is 3.84. The predicted molar refractivity (Wildman–Crippen MR) is 70.4 cm³/mol. The third kappa shape index (κ3) is 2.93. The monoisotopic (exact) mass is 263 g/mol. The van der Waals surface area contributed by atoms with E-state index in [1.807, 2.05) is 20.2 Å². The van der Waals surface area contributed by atoms with Gasteiger partial charge >= 0.3 is 6.01 Å². The van der Waals surface area contributed by atoms with Crippen molar-refractivity contribution in [2.45, 2.75) is 13.5 Å². The Bertz CT molecular complexity index is 567. The summed E-state index contributed by atoms with van der Waals surface area (Å²) in [5, 5.41) is 7.34. The van der Waals surface area contributed by atoms with Crippen LogP contribution in [0.15, 0.2) is 12.4 Å². The van der Waals surface area contributed by atoms with Crippen molar-refractivity contribution in [3.8, 4) is 11.9 Å². The van der Waals surface area contributed by atoms with Crippen LogP contribution in [-0.4, -0.2) is 34.0 Å². The highest BCUT2D eigenvalue weighted by molar-refractivity contribution is 5.49. The molecule has 0 aromatic carbocycles. The minimum Gasteiger partial charge on any atom is -0.481 e. The second-order valence-electron chi connectivity index (χ2n) is 4.07. The van der Waals surface area contributed by atoms with Gasteiger partial charge in [-0.25, -0.2) is 0 Å². The van der Waals surface area contributed by atoms with Gasteiger partial charge < -0.3 is 14.8 Å². The van der Waals surface area contributed by atoms with Gasteiger partial charge in [-0.3, -0.25) is 4.68 Å². The van der Waals surface area contributed by atoms with Crippen molar-refractivity contribution < 1.29 is 9.47 Å². The lowest BCUT2D eigenvalue weighted by atomic mass is 10.3. The number of hydrogen-bond acceptors (Lipinski definition) is 6. The minimum atomic E-state index is 0.274. The molecule has 0 spiro atoms. The fourth-order valence-electron chi connectivity index (χ4n) is 1.69. The van der Waals surface area contributed by atoms with Gasteiger partial charge in [0.1, 0.15) is 5.82 Å². The molecule has 0 aliphatic heterocycles. The summed E-state index contributed by atoms with van der Waals surface area (Å²) in [6.45, 7) is 2.52. The molecule has 0 aliphatic carbocycles. The molecule has 102 valence electrons. The number of rotatable bonds is 5. The largest absolute Gasteiger partial charge is 0.481 e. The smallest absolute Gasteiger partial charge is 0.321 e. The van der Waals surface area contributed by atoms with Gasteiger partial charge in [0.2, 0.25) is 5.88 Å². The van der Waals surface area contributed by atoms with Crippen molar-refractivity contribution in [2.75, 3.05) is 19.5 Å². The summed E-state index contributed by atoms with van der Waals surface area (Å²) < 4.78 is 12.0. The number of methoxy groups -OCH3 is 2. The molecule has 0 saturated heterocycles. The number of anilines is 1. The van der Waals surface area contributed by atoms with Crippen molar-refractivity contribution in [1.82, 2.24) is 19.7 Å². The van der Waals surface area contributed by atoms with Gasteiger partial charge in [0.15, 0.2) is 0 Å². The van der Waals surface area contributed by atoms with Gasteiger partial charge in [0.25, 0.3) is 0 Å². The molecule has 0 radical (unpaired) electrons. The maximum atomic E-state index is 5.20. The molecule has 2 aromatic heterocycles. The number of hydrogen-bond donors (Lipinski definition) is 1. The number of nitrogens with zero attached hydrogens (tertiary/aromatic N) is 4. The third-order valence-electron chi connectivity index (χ3n) is 2.67. The topological polar surface area (TPSA) is 74.1 Å². The molecular formula is C12H17N5O2. The number of aryl methyl sites for hydroxylation is 1. The van der Waals surface area contributed by atoms with Crippen LogP contribution in [0.1, 0.15) is 11.1 Å². The van der Waals surface area contributed by atoms with Gasteiger partial charge in [-0.05, 0) is 6.92 Å². The van der Waals surface area contributed by atoms with Crippen LogP contribution >= 0.6 is 0 Å². The average molecular weight is 263 g/mol. The zero-order valence-corrected chi connectivity index (χ0v) is 11.5. The van der Waals surface area contributed by atoms with Crippen molar-refractivity contribution in [2.24, 2.45) is 7.05 Å². The Balaban J connectivity index is 2.19. The van der Waals surface area contributed by atoms with E-state index in [4.69, 9.17) is 9.47 Å². The summed E-state index contributed by atoms with van der Waals surface area (Å²) in [6.07, 6.45) is 3.75. The first-order valence-corrected chi connectivity index (χ1v) is 5.82. The molecule has 0 unspecified atom stereocenters. The van der Waals surface area contributed by atoms with Crippen LogP contribution in [0.4, 0.5) is 5.82 Å². The Hall–Kier alpha value is -2.31. The van der Waals surface area contributed by atoms with E-state index in [1.54, 1.807) is 18.0 Å². The standard InChI is InChI=1S/C12H17N5O2/c1-8-10(13-5-9-6-14-17(2)7-9)15-12(19-4)16-11(8)18-3/h6-7H,5H2,1-4H3,(H,13,15,16). The summed E-state index contributed by atoms with van der Waals surface area (Å²) in [5.41, 5.74) is 1.91. The molecule has 2 aromatic rings. The van der Waals surface area contributed by atoms with Crippen LogP contribution in [0.5, 0.6) is 11.9 Å². The molecular weight excluding hydrogens is 246 g/mol. The summed E-state index contributed by atoms with van der Waals surface area (Å²) in [5.74, 6) is 1.19. The van der Waals surface area contributed by atoms with E-state index in [0.29, 0.717) is 18.2 Å². The molecule has 0 aliphatic rings. The Morgan fingerprint density at radius 2 is 2.05 bits per heavy atom. The molecule has 0 saturated carbocycles. The second-order valence-corrected chi connectivity index (χ2v) is 4.07. The van der Waals surface area contributed by atoms with Crippen molar-refractivity contribution >= 4 is 5.82 Å². The van der Waals surface area contributed by atoms with Crippen LogP contribution in [0.25, 0.3) is 0 Å². The number of aromatic nitrogens is 4. The third-order valence-corrected chi connectivity index (χ3v) is 2.67. The number of ether oxygens (including phenoxy) is 2. The van der Waals surface area contributed by atoms with Gasteiger partial charge in [0, 0.05) is 25.4 Å². The summed E-state index contributed by atoms with van der Waals surface area (Å²) in [6, 6.07) is 0.274. The maximum Gasteiger partial charge on any atom is 0.321 e. The van der Waals surface area contributed by atoms with Crippen LogP contribution in [-0.2, 0) is 13.6 Å². The number of nitrogens with one attached hydrogen (secondary N) is 1. The molecule has 0 amide bonds. The summed E-state index contributed by atoms with van der Waals surface area (Å²) in [7, 11) is 4.97. The quantitative estimate of drug-likeness (QED) is 0.872. The molecule has 2 rings (SSSR count). The zero-order valence-electron chi connectivity index (χ0n) is 11.5. The lowest BCUT2D eigenvalue weighted by Gasteiger charge is -2.11. The second kappa shape index (κ2) is 5.55. The van der Waals surface area contributed by atoms with Crippen molar-refractivity contribution in [1.29, 1.82) is 0 Å². The molecule has 0 fully saturated rings. The first-order chi connectivity index (χ1) is 9.13. The van der Waals surface area contributed by atoms with Gasteiger partial charge in [0.05, 0.1) is 26.0 Å². The maximum absolute atomic E-state index is 5.20. The molecule has 2 heterocycles. The van der Waals surface area contributed by atoms with E-state index in [2.05, 4.69) is 20.4 Å². The van der Waals surface area contributed by atoms with Crippen LogP contribution in [0, 0.1) is 6.92 Å². The fraction of sp³-hybridized carbons (Fsp3) is 0.417. The van der Waals surface area contributed by atoms with E-state index in [-0.39, 0.29) is 6.01 Å². The highest BCUT2D eigenvalue weighted by Gasteiger charge is 2.11.